The molecule has 0 N–H and O–H groups in total. The maximum atomic E-state index is 4.65. The molecule has 0 aliphatic rings. The highest BCUT2D eigenvalue weighted by Crippen LogP contribution is 2.20. The monoisotopic (exact) mass is 312 g/mol. The summed E-state index contributed by atoms with van der Waals surface area (Å²) in [6, 6.07) is 2.24. The van der Waals surface area contributed by atoms with Crippen LogP contribution >= 0.6 is 15.9 Å². The summed E-state index contributed by atoms with van der Waals surface area (Å²) in [5.74, 6) is 1.17. The second-order valence-electron chi connectivity index (χ2n) is 4.81. The zero-order chi connectivity index (χ0) is 13.4. The molecule has 0 aromatic carbocycles. The molecule has 102 valence electrons. The minimum absolute atomic E-state index is 0.880. The number of hydrogen-bond acceptors (Lipinski definition) is 2. The molecular formula is C15H25BrN2. The third-order valence-electron chi connectivity index (χ3n) is 3.12. The number of hydrogen-bond donors (Lipinski definition) is 0. The number of alkyl halides is 1. The number of nitrogens with zero attached hydrogens (tertiary/aromatic N) is 2. The number of aryl methyl sites for hydroxylation is 1. The Morgan fingerprint density at radius 2 is 1.78 bits per heavy atom. The van der Waals surface area contributed by atoms with E-state index in [-0.39, 0.29) is 0 Å². The molecule has 3 heteroatoms. The van der Waals surface area contributed by atoms with Crippen molar-refractivity contribution in [3.05, 3.63) is 23.4 Å². The van der Waals surface area contributed by atoms with Gasteiger partial charge >= 0.3 is 0 Å². The summed E-state index contributed by atoms with van der Waals surface area (Å²) >= 11 is 3.48. The highest BCUT2D eigenvalue weighted by molar-refractivity contribution is 9.08. The Morgan fingerprint density at radius 3 is 2.22 bits per heavy atom. The van der Waals surface area contributed by atoms with E-state index in [0.717, 1.165) is 18.4 Å². The Labute approximate surface area is 120 Å². The third-order valence-corrected chi connectivity index (χ3v) is 3.77. The number of halogens is 1. The fourth-order valence-electron chi connectivity index (χ4n) is 2.05. The van der Waals surface area contributed by atoms with Crippen molar-refractivity contribution in [2.75, 3.05) is 18.0 Å². The molecule has 0 bridgehead atoms. The zero-order valence-corrected chi connectivity index (χ0v) is 13.5. The molecule has 0 spiro atoms. The topological polar surface area (TPSA) is 16.1 Å². The molecule has 0 aliphatic carbocycles. The molecule has 0 saturated heterocycles. The average molecular weight is 313 g/mol. The normalized spacial score (nSPS) is 10.7. The third kappa shape index (κ3) is 4.60. The molecule has 0 amide bonds. The predicted octanol–water partition coefficient (Wildman–Crippen LogP) is 4.69. The molecule has 1 aromatic heterocycles. The first kappa shape index (κ1) is 15.5. The van der Waals surface area contributed by atoms with Crippen LogP contribution in [0.5, 0.6) is 0 Å². The van der Waals surface area contributed by atoms with Crippen LogP contribution in [-0.4, -0.2) is 18.1 Å². The summed E-state index contributed by atoms with van der Waals surface area (Å²) in [5, 5.41) is 0.880. The molecule has 1 aromatic rings. The zero-order valence-electron chi connectivity index (χ0n) is 11.9. The lowest BCUT2D eigenvalue weighted by Crippen LogP contribution is -2.27. The van der Waals surface area contributed by atoms with Crippen molar-refractivity contribution in [1.29, 1.82) is 0 Å². The Hall–Kier alpha value is -0.570. The van der Waals surface area contributed by atoms with Gasteiger partial charge in [-0.25, -0.2) is 4.98 Å². The molecule has 0 unspecified atom stereocenters. The van der Waals surface area contributed by atoms with Gasteiger partial charge in [0.1, 0.15) is 5.82 Å². The van der Waals surface area contributed by atoms with Gasteiger partial charge in [0.15, 0.2) is 0 Å². The van der Waals surface area contributed by atoms with Gasteiger partial charge in [-0.3, -0.25) is 0 Å². The van der Waals surface area contributed by atoms with E-state index in [2.05, 4.69) is 52.7 Å². The van der Waals surface area contributed by atoms with Crippen LogP contribution in [0.15, 0.2) is 12.3 Å². The molecule has 0 fully saturated rings. The maximum absolute atomic E-state index is 4.65. The van der Waals surface area contributed by atoms with E-state index >= 15 is 0 Å². The lowest BCUT2D eigenvalue weighted by molar-refractivity contribution is 0.669. The van der Waals surface area contributed by atoms with E-state index in [1.54, 1.807) is 0 Å². The Balaban J connectivity index is 2.82. The number of rotatable bonds is 8. The van der Waals surface area contributed by atoms with Gasteiger partial charge < -0.3 is 4.90 Å². The maximum Gasteiger partial charge on any atom is 0.131 e. The second kappa shape index (κ2) is 8.52. The van der Waals surface area contributed by atoms with E-state index in [1.165, 1.54) is 42.6 Å². The van der Waals surface area contributed by atoms with Crippen LogP contribution < -0.4 is 4.90 Å². The Bertz CT molecular complexity index is 344. The van der Waals surface area contributed by atoms with Crippen molar-refractivity contribution < 1.29 is 0 Å². The highest BCUT2D eigenvalue weighted by Gasteiger charge is 2.10. The molecule has 18 heavy (non-hydrogen) atoms. The molecule has 0 aliphatic heterocycles. The van der Waals surface area contributed by atoms with Gasteiger partial charge in [0.05, 0.1) is 0 Å². The quantitative estimate of drug-likeness (QED) is 0.647. The summed E-state index contributed by atoms with van der Waals surface area (Å²) in [6.45, 7) is 8.90. The average Bonchev–Trinajstić information content (AvgIpc) is 2.39. The van der Waals surface area contributed by atoms with Crippen LogP contribution in [0.3, 0.4) is 0 Å². The van der Waals surface area contributed by atoms with Crippen molar-refractivity contribution in [2.24, 2.45) is 0 Å². The molecule has 1 heterocycles. The van der Waals surface area contributed by atoms with E-state index < -0.39 is 0 Å². The van der Waals surface area contributed by atoms with E-state index in [1.807, 2.05) is 6.20 Å². The van der Waals surface area contributed by atoms with Crippen LogP contribution in [0, 0.1) is 6.92 Å². The van der Waals surface area contributed by atoms with Gasteiger partial charge in [-0.1, -0.05) is 48.7 Å². The second-order valence-corrected chi connectivity index (χ2v) is 5.37. The smallest absolute Gasteiger partial charge is 0.131 e. The fourth-order valence-corrected chi connectivity index (χ4v) is 2.36. The summed E-state index contributed by atoms with van der Waals surface area (Å²) in [7, 11) is 0. The first-order valence-corrected chi connectivity index (χ1v) is 8.11. The molecule has 0 saturated carbocycles. The lowest BCUT2D eigenvalue weighted by Gasteiger charge is -2.25. The molecular weight excluding hydrogens is 288 g/mol. The minimum atomic E-state index is 0.880. The van der Waals surface area contributed by atoms with Crippen molar-refractivity contribution in [1.82, 2.24) is 4.98 Å². The highest BCUT2D eigenvalue weighted by atomic mass is 79.9. The van der Waals surface area contributed by atoms with Crippen molar-refractivity contribution >= 4 is 21.7 Å². The van der Waals surface area contributed by atoms with Crippen LogP contribution in [0.1, 0.15) is 50.7 Å². The van der Waals surface area contributed by atoms with Gasteiger partial charge in [-0.15, -0.1) is 0 Å². The summed E-state index contributed by atoms with van der Waals surface area (Å²) in [6.07, 6.45) is 6.94. The van der Waals surface area contributed by atoms with Gasteiger partial charge in [0.25, 0.3) is 0 Å². The van der Waals surface area contributed by atoms with Gasteiger partial charge in [0.2, 0.25) is 0 Å². The Morgan fingerprint density at radius 1 is 1.17 bits per heavy atom. The van der Waals surface area contributed by atoms with E-state index in [0.29, 0.717) is 0 Å². The molecule has 1 rings (SSSR count). The lowest BCUT2D eigenvalue weighted by atomic mass is 10.2. The SMILES string of the molecule is CCCCN(CCCC)c1ncc(CBr)cc1C. The number of aromatic nitrogens is 1. The Kier molecular flexibility index (Phi) is 7.33. The van der Waals surface area contributed by atoms with Crippen molar-refractivity contribution in [3.63, 3.8) is 0 Å². The summed E-state index contributed by atoms with van der Waals surface area (Å²) in [5.41, 5.74) is 2.54. The number of unbranched alkanes of at least 4 members (excludes halogenated alkanes) is 2. The van der Waals surface area contributed by atoms with Crippen LogP contribution in [-0.2, 0) is 5.33 Å². The molecule has 0 radical (unpaired) electrons. The minimum Gasteiger partial charge on any atom is -0.356 e. The standard InChI is InChI=1S/C15H25BrN2/c1-4-6-8-18(9-7-5-2)15-13(3)10-14(11-16)12-17-15/h10,12H,4-9,11H2,1-3H3. The first-order chi connectivity index (χ1) is 8.72. The largest absolute Gasteiger partial charge is 0.356 e. The molecule has 0 atom stereocenters. The number of anilines is 1. The van der Waals surface area contributed by atoms with Gasteiger partial charge in [-0.05, 0) is 30.9 Å². The van der Waals surface area contributed by atoms with Crippen LogP contribution in [0.25, 0.3) is 0 Å². The predicted molar refractivity (Wildman–Crippen MR) is 83.6 cm³/mol. The van der Waals surface area contributed by atoms with Crippen LogP contribution in [0.2, 0.25) is 0 Å². The van der Waals surface area contributed by atoms with Crippen molar-refractivity contribution in [2.45, 2.75) is 51.8 Å². The van der Waals surface area contributed by atoms with E-state index in [4.69, 9.17) is 0 Å². The van der Waals surface area contributed by atoms with Gasteiger partial charge in [0, 0.05) is 24.6 Å². The van der Waals surface area contributed by atoms with E-state index in [9.17, 15) is 0 Å². The van der Waals surface area contributed by atoms with Crippen LogP contribution in [0.4, 0.5) is 5.82 Å². The molecule has 2 nitrogen and oxygen atoms in total. The summed E-state index contributed by atoms with van der Waals surface area (Å²) < 4.78 is 0. The first-order valence-electron chi connectivity index (χ1n) is 6.99. The number of pyridine rings is 1. The fraction of sp³-hybridized carbons (Fsp3) is 0.667. The van der Waals surface area contributed by atoms with Gasteiger partial charge in [-0.2, -0.15) is 0 Å². The van der Waals surface area contributed by atoms with Crippen molar-refractivity contribution in [3.8, 4) is 0 Å². The summed E-state index contributed by atoms with van der Waals surface area (Å²) in [4.78, 5) is 7.10.